The number of aromatic amines is 1. The lowest BCUT2D eigenvalue weighted by Crippen LogP contribution is -2.17. The van der Waals surface area contributed by atoms with Crippen molar-refractivity contribution >= 4 is 44.4 Å². The van der Waals surface area contributed by atoms with Crippen molar-refractivity contribution in [3.63, 3.8) is 0 Å². The zero-order valence-corrected chi connectivity index (χ0v) is 12.7. The van der Waals surface area contributed by atoms with Gasteiger partial charge in [-0.1, -0.05) is 15.9 Å². The first kappa shape index (κ1) is 13.6. The maximum Gasteiger partial charge on any atom is 0.267 e. The fourth-order valence-corrected chi connectivity index (χ4v) is 2.30. The van der Waals surface area contributed by atoms with Gasteiger partial charge in [0.15, 0.2) is 0 Å². The predicted molar refractivity (Wildman–Crippen MR) is 84.7 cm³/mol. The normalized spacial score (nSPS) is 10.6. The van der Waals surface area contributed by atoms with Gasteiger partial charge in [0.1, 0.15) is 5.69 Å². The van der Waals surface area contributed by atoms with E-state index in [-0.39, 0.29) is 5.91 Å². The number of amides is 1. The average Bonchev–Trinajstić information content (AvgIpc) is 2.95. The summed E-state index contributed by atoms with van der Waals surface area (Å²) in [6, 6.07) is 7.51. The molecule has 0 radical (unpaired) electrons. The minimum Gasteiger partial charge on any atom is -0.355 e. The first-order chi connectivity index (χ1) is 10.2. The van der Waals surface area contributed by atoms with Crippen molar-refractivity contribution in [2.75, 3.05) is 12.4 Å². The quantitative estimate of drug-likeness (QED) is 0.681. The third-order valence-electron chi connectivity index (χ3n) is 2.95. The summed E-state index contributed by atoms with van der Waals surface area (Å²) in [5.41, 5.74) is 2.05. The number of anilines is 2. The fourth-order valence-electron chi connectivity index (χ4n) is 1.93. The molecular formula is C14H12BrN5O. The molecular weight excluding hydrogens is 334 g/mol. The Bertz CT molecular complexity index is 814. The van der Waals surface area contributed by atoms with Crippen molar-refractivity contribution < 1.29 is 4.79 Å². The standard InChI is InChI=1S/C14H12BrN5O/c1-16-13(21)12-5-10(7-17-12)19-14-18-6-8-4-9(15)2-3-11(8)20-14/h2-7,17H,1H3,(H,16,21)(H,18,19,20). The SMILES string of the molecule is CNC(=O)c1cc(Nc2ncc3cc(Br)ccc3n2)c[nH]1. The van der Waals surface area contributed by atoms with E-state index >= 15 is 0 Å². The van der Waals surface area contributed by atoms with Crippen LogP contribution in [0, 0.1) is 0 Å². The summed E-state index contributed by atoms with van der Waals surface area (Å²) >= 11 is 3.41. The molecule has 3 aromatic rings. The topological polar surface area (TPSA) is 82.7 Å². The third-order valence-corrected chi connectivity index (χ3v) is 3.45. The lowest BCUT2D eigenvalue weighted by molar-refractivity contribution is 0.0959. The van der Waals surface area contributed by atoms with Crippen molar-refractivity contribution in [2.24, 2.45) is 0 Å². The number of carbonyl (C=O) groups is 1. The van der Waals surface area contributed by atoms with Crippen LogP contribution in [0.15, 0.2) is 41.1 Å². The van der Waals surface area contributed by atoms with Crippen LogP contribution < -0.4 is 10.6 Å². The van der Waals surface area contributed by atoms with Crippen molar-refractivity contribution in [1.29, 1.82) is 0 Å². The molecule has 6 nitrogen and oxygen atoms in total. The fraction of sp³-hybridized carbons (Fsp3) is 0.0714. The van der Waals surface area contributed by atoms with Gasteiger partial charge in [-0.2, -0.15) is 0 Å². The van der Waals surface area contributed by atoms with Gasteiger partial charge >= 0.3 is 0 Å². The van der Waals surface area contributed by atoms with Gasteiger partial charge < -0.3 is 15.6 Å². The van der Waals surface area contributed by atoms with E-state index in [9.17, 15) is 4.79 Å². The van der Waals surface area contributed by atoms with Crippen LogP contribution >= 0.6 is 15.9 Å². The van der Waals surface area contributed by atoms with Gasteiger partial charge in [0.05, 0.1) is 11.2 Å². The Hall–Kier alpha value is -2.41. The number of fused-ring (bicyclic) bond motifs is 1. The smallest absolute Gasteiger partial charge is 0.267 e. The number of rotatable bonds is 3. The van der Waals surface area contributed by atoms with E-state index in [1.54, 1.807) is 25.5 Å². The van der Waals surface area contributed by atoms with Crippen LogP contribution in [0.3, 0.4) is 0 Å². The summed E-state index contributed by atoms with van der Waals surface area (Å²) in [5.74, 6) is 0.305. The van der Waals surface area contributed by atoms with E-state index in [1.807, 2.05) is 18.2 Å². The Balaban J connectivity index is 1.86. The minimum atomic E-state index is -0.174. The first-order valence-corrected chi connectivity index (χ1v) is 7.05. The van der Waals surface area contributed by atoms with Crippen LogP contribution in [0.4, 0.5) is 11.6 Å². The zero-order valence-electron chi connectivity index (χ0n) is 11.1. The Labute approximate surface area is 129 Å². The number of hydrogen-bond donors (Lipinski definition) is 3. The van der Waals surface area contributed by atoms with Crippen molar-refractivity contribution in [2.45, 2.75) is 0 Å². The molecule has 1 amide bonds. The van der Waals surface area contributed by atoms with Crippen molar-refractivity contribution in [1.82, 2.24) is 20.3 Å². The van der Waals surface area contributed by atoms with Crippen LogP contribution in [0.2, 0.25) is 0 Å². The lowest BCUT2D eigenvalue weighted by Gasteiger charge is -2.03. The molecule has 2 aromatic heterocycles. The second kappa shape index (κ2) is 5.53. The average molecular weight is 346 g/mol. The highest BCUT2D eigenvalue weighted by Crippen LogP contribution is 2.20. The van der Waals surface area contributed by atoms with Gasteiger partial charge in [-0.15, -0.1) is 0 Å². The first-order valence-electron chi connectivity index (χ1n) is 6.25. The van der Waals surface area contributed by atoms with E-state index in [0.717, 1.165) is 21.1 Å². The van der Waals surface area contributed by atoms with Crippen LogP contribution in [-0.2, 0) is 0 Å². The summed E-state index contributed by atoms with van der Waals surface area (Å²) in [5, 5.41) is 6.57. The van der Waals surface area contributed by atoms with E-state index in [1.165, 1.54) is 0 Å². The molecule has 0 unspecified atom stereocenters. The molecule has 0 fully saturated rings. The van der Waals surface area contributed by atoms with Crippen LogP contribution in [0.1, 0.15) is 10.5 Å². The summed E-state index contributed by atoms with van der Waals surface area (Å²) < 4.78 is 0.986. The molecule has 0 aliphatic heterocycles. The minimum absolute atomic E-state index is 0.174. The van der Waals surface area contributed by atoms with Crippen LogP contribution in [0.25, 0.3) is 10.9 Å². The van der Waals surface area contributed by atoms with Gasteiger partial charge in [-0.25, -0.2) is 9.97 Å². The second-order valence-electron chi connectivity index (χ2n) is 4.40. The number of benzene rings is 1. The van der Waals surface area contributed by atoms with Gasteiger partial charge in [0, 0.05) is 29.3 Å². The molecule has 7 heteroatoms. The number of nitrogens with one attached hydrogen (secondary N) is 3. The van der Waals surface area contributed by atoms with Gasteiger partial charge in [-0.3, -0.25) is 4.79 Å². The highest BCUT2D eigenvalue weighted by molar-refractivity contribution is 9.10. The predicted octanol–water partition coefficient (Wildman–Crippen LogP) is 2.82. The molecule has 106 valence electrons. The second-order valence-corrected chi connectivity index (χ2v) is 5.32. The summed E-state index contributed by atoms with van der Waals surface area (Å²) in [7, 11) is 1.58. The molecule has 1 aromatic carbocycles. The Morgan fingerprint density at radius 2 is 2.19 bits per heavy atom. The summed E-state index contributed by atoms with van der Waals surface area (Å²) in [4.78, 5) is 23.1. The number of aromatic nitrogens is 3. The number of halogens is 1. The number of carbonyl (C=O) groups excluding carboxylic acids is 1. The highest BCUT2D eigenvalue weighted by atomic mass is 79.9. The molecule has 21 heavy (non-hydrogen) atoms. The summed E-state index contributed by atoms with van der Waals surface area (Å²) in [6.07, 6.45) is 3.45. The largest absolute Gasteiger partial charge is 0.355 e. The van der Waals surface area contributed by atoms with Gasteiger partial charge in [-0.05, 0) is 24.3 Å². The number of hydrogen-bond acceptors (Lipinski definition) is 4. The molecule has 0 saturated carbocycles. The maximum absolute atomic E-state index is 11.5. The van der Waals surface area contributed by atoms with Gasteiger partial charge in [0.2, 0.25) is 5.95 Å². The summed E-state index contributed by atoms with van der Waals surface area (Å²) in [6.45, 7) is 0. The molecule has 0 bridgehead atoms. The Kier molecular flexibility index (Phi) is 3.57. The van der Waals surface area contributed by atoms with Crippen molar-refractivity contribution in [3.05, 3.63) is 46.8 Å². The van der Waals surface area contributed by atoms with Crippen molar-refractivity contribution in [3.8, 4) is 0 Å². The van der Waals surface area contributed by atoms with Gasteiger partial charge in [0.25, 0.3) is 5.91 Å². The van der Waals surface area contributed by atoms with Crippen LogP contribution in [0.5, 0.6) is 0 Å². The molecule has 2 heterocycles. The van der Waals surface area contributed by atoms with E-state index in [2.05, 4.69) is 41.5 Å². The third kappa shape index (κ3) is 2.87. The molecule has 0 aliphatic rings. The number of H-pyrrole nitrogens is 1. The molecule has 3 rings (SSSR count). The molecule has 3 N–H and O–H groups in total. The van der Waals surface area contributed by atoms with E-state index < -0.39 is 0 Å². The van der Waals surface area contributed by atoms with E-state index in [4.69, 9.17) is 0 Å². The monoisotopic (exact) mass is 345 g/mol. The van der Waals surface area contributed by atoms with Crippen LogP contribution in [-0.4, -0.2) is 27.9 Å². The number of nitrogens with zero attached hydrogens (tertiary/aromatic N) is 2. The van der Waals surface area contributed by atoms with E-state index in [0.29, 0.717) is 11.6 Å². The molecule has 0 saturated heterocycles. The maximum atomic E-state index is 11.5. The Morgan fingerprint density at radius 1 is 1.33 bits per heavy atom. The molecule has 0 aliphatic carbocycles. The molecule has 0 spiro atoms. The Morgan fingerprint density at radius 3 is 3.00 bits per heavy atom. The lowest BCUT2D eigenvalue weighted by atomic mass is 10.2. The molecule has 0 atom stereocenters. The highest BCUT2D eigenvalue weighted by Gasteiger charge is 2.07. The zero-order chi connectivity index (χ0) is 14.8.